The van der Waals surface area contributed by atoms with Crippen molar-refractivity contribution in [1.82, 2.24) is 5.32 Å². The van der Waals surface area contributed by atoms with Crippen molar-refractivity contribution in [2.75, 3.05) is 6.54 Å². The lowest BCUT2D eigenvalue weighted by molar-refractivity contribution is -0.117. The van der Waals surface area contributed by atoms with E-state index in [1.54, 1.807) is 6.07 Å². The first-order chi connectivity index (χ1) is 12.6. The Labute approximate surface area is 156 Å². The Morgan fingerprint density at radius 1 is 1.12 bits per heavy atom. The lowest BCUT2D eigenvalue weighted by Crippen LogP contribution is -2.35. The molecule has 5 heteroatoms. The molecule has 0 fully saturated rings. The van der Waals surface area contributed by atoms with E-state index in [4.69, 9.17) is 11.6 Å². The van der Waals surface area contributed by atoms with E-state index in [0.29, 0.717) is 16.2 Å². The Balaban J connectivity index is 1.71. The molecule has 4 rings (SSSR count). The maximum atomic E-state index is 14.2. The topological polar surface area (TPSA) is 49.3 Å². The summed E-state index contributed by atoms with van der Waals surface area (Å²) in [5.74, 6) is -1.02. The van der Waals surface area contributed by atoms with E-state index in [-0.39, 0.29) is 30.4 Å². The summed E-state index contributed by atoms with van der Waals surface area (Å²) in [5, 5.41) is 14.3. The van der Waals surface area contributed by atoms with Crippen molar-refractivity contribution in [2.24, 2.45) is 0 Å². The smallest absolute Gasteiger partial charge is 0.164 e. The van der Waals surface area contributed by atoms with Crippen LogP contribution in [0.2, 0.25) is 5.02 Å². The Kier molecular flexibility index (Phi) is 4.55. The highest BCUT2D eigenvalue weighted by Crippen LogP contribution is 2.42. The summed E-state index contributed by atoms with van der Waals surface area (Å²) in [6.45, 7) is 0.744. The van der Waals surface area contributed by atoms with Crippen LogP contribution >= 0.6 is 11.6 Å². The zero-order chi connectivity index (χ0) is 18.3. The van der Waals surface area contributed by atoms with Crippen LogP contribution in [-0.2, 0) is 11.2 Å². The Morgan fingerprint density at radius 2 is 1.92 bits per heavy atom. The summed E-state index contributed by atoms with van der Waals surface area (Å²) in [5.41, 5.74) is 2.92. The number of Topliss-reactive ketones (excluding diaryl/α,β-unsaturated/α-hetero) is 1. The number of nitrogens with one attached hydrogen (secondary N) is 1. The highest BCUT2D eigenvalue weighted by Gasteiger charge is 2.36. The molecule has 1 aliphatic carbocycles. The SMILES string of the molecule is O=C1C[C@@H](c2c(F)cccc2Cl)CC(O)=C1[C@H]1NCCc2ccccc21. The number of benzene rings is 2. The zero-order valence-electron chi connectivity index (χ0n) is 14.1. The van der Waals surface area contributed by atoms with Gasteiger partial charge in [0.1, 0.15) is 11.6 Å². The molecule has 134 valence electrons. The van der Waals surface area contributed by atoms with Crippen LogP contribution < -0.4 is 5.32 Å². The molecule has 2 N–H and O–H groups in total. The molecule has 3 nitrogen and oxygen atoms in total. The number of halogens is 2. The summed E-state index contributed by atoms with van der Waals surface area (Å²) in [4.78, 5) is 12.9. The standard InChI is InChI=1S/C21H19ClFNO2/c22-15-6-3-7-16(23)19(15)13-10-17(25)20(18(26)11-13)21-14-5-2-1-4-12(14)8-9-24-21/h1-7,13,21,24-25H,8-11H2/t13-,21-/m0/s1. The first-order valence-electron chi connectivity index (χ1n) is 8.76. The molecule has 2 aromatic rings. The first kappa shape index (κ1) is 17.3. The van der Waals surface area contributed by atoms with Crippen LogP contribution in [-0.4, -0.2) is 17.4 Å². The molecule has 0 radical (unpaired) electrons. The normalized spacial score (nSPS) is 23.1. The van der Waals surface area contributed by atoms with Crippen molar-refractivity contribution in [3.05, 3.63) is 81.3 Å². The van der Waals surface area contributed by atoms with Gasteiger partial charge in [-0.15, -0.1) is 0 Å². The number of hydrogen-bond acceptors (Lipinski definition) is 3. The zero-order valence-corrected chi connectivity index (χ0v) is 14.9. The molecule has 0 unspecified atom stereocenters. The molecule has 0 spiro atoms. The summed E-state index contributed by atoms with van der Waals surface area (Å²) in [7, 11) is 0. The first-order valence-corrected chi connectivity index (χ1v) is 9.14. The molecule has 1 aliphatic heterocycles. The summed E-state index contributed by atoms with van der Waals surface area (Å²) in [6, 6.07) is 12.1. The second-order valence-corrected chi connectivity index (χ2v) is 7.27. The molecule has 2 aliphatic rings. The van der Waals surface area contributed by atoms with Gasteiger partial charge in [0.15, 0.2) is 5.78 Å². The molecule has 26 heavy (non-hydrogen) atoms. The number of aliphatic hydroxyl groups excluding tert-OH is 1. The van der Waals surface area contributed by atoms with Gasteiger partial charge in [0, 0.05) is 35.9 Å². The van der Waals surface area contributed by atoms with E-state index < -0.39 is 11.7 Å². The van der Waals surface area contributed by atoms with Crippen molar-refractivity contribution in [3.63, 3.8) is 0 Å². The van der Waals surface area contributed by atoms with Gasteiger partial charge >= 0.3 is 0 Å². The van der Waals surface area contributed by atoms with Gasteiger partial charge < -0.3 is 10.4 Å². The average Bonchev–Trinajstić information content (AvgIpc) is 2.61. The number of rotatable bonds is 2. The molecular weight excluding hydrogens is 353 g/mol. The number of ketones is 1. The lowest BCUT2D eigenvalue weighted by atomic mass is 9.77. The number of aliphatic hydroxyl groups is 1. The van der Waals surface area contributed by atoms with Crippen LogP contribution in [0.25, 0.3) is 0 Å². The van der Waals surface area contributed by atoms with E-state index >= 15 is 0 Å². The molecule has 0 bridgehead atoms. The summed E-state index contributed by atoms with van der Waals surface area (Å²) < 4.78 is 14.2. The minimum absolute atomic E-state index is 0.0276. The fourth-order valence-electron chi connectivity index (χ4n) is 4.10. The van der Waals surface area contributed by atoms with E-state index in [1.807, 2.05) is 18.2 Å². The monoisotopic (exact) mass is 371 g/mol. The number of hydrogen-bond donors (Lipinski definition) is 2. The Bertz CT molecular complexity index is 888. The van der Waals surface area contributed by atoms with Gasteiger partial charge in [0.2, 0.25) is 0 Å². The van der Waals surface area contributed by atoms with Gasteiger partial charge in [-0.1, -0.05) is 41.9 Å². The molecule has 2 atom stereocenters. The van der Waals surface area contributed by atoms with E-state index in [9.17, 15) is 14.3 Å². The Hall–Kier alpha value is -2.17. The maximum Gasteiger partial charge on any atom is 0.164 e. The summed E-state index contributed by atoms with van der Waals surface area (Å²) in [6.07, 6.45) is 1.24. The van der Waals surface area contributed by atoms with Crippen LogP contribution in [0, 0.1) is 5.82 Å². The highest BCUT2D eigenvalue weighted by molar-refractivity contribution is 6.31. The fourth-order valence-corrected chi connectivity index (χ4v) is 4.42. The van der Waals surface area contributed by atoms with Crippen LogP contribution in [0.3, 0.4) is 0 Å². The molecule has 0 saturated carbocycles. The summed E-state index contributed by atoms with van der Waals surface area (Å²) >= 11 is 6.15. The van der Waals surface area contributed by atoms with Crippen LogP contribution in [0.4, 0.5) is 4.39 Å². The number of carbonyl (C=O) groups excluding carboxylic acids is 1. The van der Waals surface area contributed by atoms with Crippen molar-refractivity contribution in [2.45, 2.75) is 31.2 Å². The third kappa shape index (κ3) is 2.93. The minimum Gasteiger partial charge on any atom is -0.512 e. The van der Waals surface area contributed by atoms with Crippen molar-refractivity contribution < 1.29 is 14.3 Å². The molecular formula is C21H19ClFNO2. The largest absolute Gasteiger partial charge is 0.512 e. The van der Waals surface area contributed by atoms with Gasteiger partial charge in [-0.05, 0) is 29.7 Å². The second-order valence-electron chi connectivity index (χ2n) is 6.86. The van der Waals surface area contributed by atoms with Crippen molar-refractivity contribution in [3.8, 4) is 0 Å². The van der Waals surface area contributed by atoms with Crippen LogP contribution in [0.1, 0.15) is 41.5 Å². The molecule has 1 heterocycles. The third-order valence-electron chi connectivity index (χ3n) is 5.29. The van der Waals surface area contributed by atoms with E-state index in [0.717, 1.165) is 18.5 Å². The van der Waals surface area contributed by atoms with Gasteiger partial charge in [0.25, 0.3) is 0 Å². The predicted octanol–water partition coefficient (Wildman–Crippen LogP) is 4.62. The lowest BCUT2D eigenvalue weighted by Gasteiger charge is -2.32. The fraction of sp³-hybridized carbons (Fsp3) is 0.286. The number of fused-ring (bicyclic) bond motifs is 1. The molecule has 0 amide bonds. The van der Waals surface area contributed by atoms with Crippen LogP contribution in [0.15, 0.2) is 53.8 Å². The van der Waals surface area contributed by atoms with Gasteiger partial charge in [-0.25, -0.2) is 4.39 Å². The van der Waals surface area contributed by atoms with E-state index in [1.165, 1.54) is 17.7 Å². The van der Waals surface area contributed by atoms with Gasteiger partial charge in [0.05, 0.1) is 11.6 Å². The highest BCUT2D eigenvalue weighted by atomic mass is 35.5. The molecule has 0 aromatic heterocycles. The average molecular weight is 372 g/mol. The minimum atomic E-state index is -0.446. The maximum absolute atomic E-state index is 14.2. The number of carbonyl (C=O) groups is 1. The predicted molar refractivity (Wildman–Crippen MR) is 98.9 cm³/mol. The van der Waals surface area contributed by atoms with Crippen LogP contribution in [0.5, 0.6) is 0 Å². The molecule has 0 saturated heterocycles. The second kappa shape index (κ2) is 6.86. The molecule has 2 aromatic carbocycles. The van der Waals surface area contributed by atoms with E-state index in [2.05, 4.69) is 11.4 Å². The Morgan fingerprint density at radius 3 is 2.69 bits per heavy atom. The van der Waals surface area contributed by atoms with Gasteiger partial charge in [-0.2, -0.15) is 0 Å². The quantitative estimate of drug-likeness (QED) is 0.809. The van der Waals surface area contributed by atoms with Gasteiger partial charge in [-0.3, -0.25) is 4.79 Å². The van der Waals surface area contributed by atoms with Crippen molar-refractivity contribution >= 4 is 17.4 Å². The number of allylic oxidation sites excluding steroid dienone is 1. The third-order valence-corrected chi connectivity index (χ3v) is 5.62. The van der Waals surface area contributed by atoms with Crippen molar-refractivity contribution in [1.29, 1.82) is 0 Å².